The van der Waals surface area contributed by atoms with E-state index in [0.29, 0.717) is 13.0 Å². The Kier molecular flexibility index (Phi) is 9.02. The van der Waals surface area contributed by atoms with Crippen molar-refractivity contribution < 1.29 is 32.9 Å². The maximum absolute atomic E-state index is 9.92. The van der Waals surface area contributed by atoms with Crippen LogP contribution in [0.3, 0.4) is 0 Å². The summed E-state index contributed by atoms with van der Waals surface area (Å²) in [6.07, 6.45) is 0.442. The molecule has 2 aromatic rings. The lowest BCUT2D eigenvalue weighted by atomic mass is 9.81. The van der Waals surface area contributed by atoms with Crippen molar-refractivity contribution in [3.8, 4) is 0 Å². The molecule has 3 aliphatic rings. The number of benzene rings is 2. The molecule has 37 heavy (non-hydrogen) atoms. The Balaban J connectivity index is 1.46. The van der Waals surface area contributed by atoms with E-state index in [2.05, 4.69) is 29.6 Å². The molecule has 0 radical (unpaired) electrons. The van der Waals surface area contributed by atoms with E-state index in [9.17, 15) is 5.11 Å². The lowest BCUT2D eigenvalue weighted by Gasteiger charge is -2.41. The number of ether oxygens (including phenoxy) is 3. The van der Waals surface area contributed by atoms with Crippen molar-refractivity contribution in [1.82, 2.24) is 5.32 Å². The molecule has 0 bridgehead atoms. The number of methoxy groups -OCH3 is 1. The third-order valence-electron chi connectivity index (χ3n) is 7.43. The van der Waals surface area contributed by atoms with E-state index in [4.69, 9.17) is 27.8 Å². The Hall–Kier alpha value is -1.32. The van der Waals surface area contributed by atoms with Gasteiger partial charge in [-0.25, -0.2) is 0 Å². The van der Waals surface area contributed by atoms with E-state index in [0.717, 1.165) is 24.1 Å². The average molecular weight is 527 g/mol. The van der Waals surface area contributed by atoms with Crippen molar-refractivity contribution in [1.29, 1.82) is 0 Å². The second kappa shape index (κ2) is 12.2. The fourth-order valence-electron chi connectivity index (χ4n) is 5.59. The molecule has 0 aliphatic carbocycles. The zero-order chi connectivity index (χ0) is 25.8. The van der Waals surface area contributed by atoms with E-state index >= 15 is 0 Å². The minimum Gasteiger partial charge on any atom is -0.394 e. The number of aliphatic hydroxyl groups is 1. The summed E-state index contributed by atoms with van der Waals surface area (Å²) in [7, 11) is 3.87. The first kappa shape index (κ1) is 27.3. The zero-order valence-electron chi connectivity index (χ0n) is 21.7. The molecule has 2 aromatic carbocycles. The van der Waals surface area contributed by atoms with Crippen molar-refractivity contribution in [2.24, 2.45) is 0 Å². The molecule has 3 unspecified atom stereocenters. The number of rotatable bonds is 10. The molecule has 0 aromatic heterocycles. The highest BCUT2D eigenvalue weighted by Crippen LogP contribution is 2.53. The van der Waals surface area contributed by atoms with Gasteiger partial charge in [-0.05, 0) is 29.5 Å². The Labute approximate surface area is 222 Å². The summed E-state index contributed by atoms with van der Waals surface area (Å²) in [4.78, 5) is 0. The van der Waals surface area contributed by atoms with Crippen molar-refractivity contribution >= 4 is 24.3 Å². The summed E-state index contributed by atoms with van der Waals surface area (Å²) in [5, 5.41) is 13.5. The predicted molar refractivity (Wildman–Crippen MR) is 146 cm³/mol. The molecule has 2 N–H and O–H groups in total. The highest BCUT2D eigenvalue weighted by atomic mass is 31.2. The van der Waals surface area contributed by atoms with Gasteiger partial charge in [-0.1, -0.05) is 54.6 Å². The van der Waals surface area contributed by atoms with Crippen LogP contribution in [0.4, 0.5) is 0 Å². The molecule has 0 spiro atoms. The first-order valence-corrected chi connectivity index (χ1v) is 14.2. The molecule has 8 nitrogen and oxygen atoms in total. The SMILES string of the molecule is B[C@H]1CC(OC)[C@@H](COP(OC2C[C@H](B)O[C@@H]2CO)O[C@]2(c3ccccc3)CNCc3ccccc32)O1. The van der Waals surface area contributed by atoms with Crippen LogP contribution in [0.5, 0.6) is 0 Å². The summed E-state index contributed by atoms with van der Waals surface area (Å²) in [6, 6.07) is 18.6. The van der Waals surface area contributed by atoms with Gasteiger partial charge in [0.15, 0.2) is 0 Å². The van der Waals surface area contributed by atoms with Gasteiger partial charge in [-0.3, -0.25) is 4.52 Å². The lowest BCUT2D eigenvalue weighted by Crippen LogP contribution is -2.45. The minimum atomic E-state index is -1.86. The van der Waals surface area contributed by atoms with Gasteiger partial charge in [0.25, 0.3) is 0 Å². The van der Waals surface area contributed by atoms with Crippen molar-refractivity contribution in [3.63, 3.8) is 0 Å². The molecule has 2 fully saturated rings. The van der Waals surface area contributed by atoms with E-state index in [1.165, 1.54) is 5.56 Å². The largest absolute Gasteiger partial charge is 0.394 e. The summed E-state index contributed by atoms with van der Waals surface area (Å²) >= 11 is 0. The molecule has 8 atom stereocenters. The van der Waals surface area contributed by atoms with Crippen LogP contribution >= 0.6 is 8.60 Å². The smallest absolute Gasteiger partial charge is 0.334 e. The van der Waals surface area contributed by atoms with Gasteiger partial charge in [0.05, 0.1) is 25.4 Å². The quantitative estimate of drug-likeness (QED) is 0.352. The van der Waals surface area contributed by atoms with Crippen LogP contribution in [0, 0.1) is 0 Å². The van der Waals surface area contributed by atoms with Gasteiger partial charge in [0, 0.05) is 32.2 Å². The van der Waals surface area contributed by atoms with E-state index < -0.39 is 20.3 Å². The summed E-state index contributed by atoms with van der Waals surface area (Å²) < 4.78 is 37.5. The highest BCUT2D eigenvalue weighted by Gasteiger charge is 2.45. The van der Waals surface area contributed by atoms with E-state index in [-0.39, 0.29) is 43.5 Å². The molecular formula is C26H36B2NO7P. The lowest BCUT2D eigenvalue weighted by molar-refractivity contribution is -0.0379. The minimum absolute atomic E-state index is 0.0176. The fourth-order valence-corrected chi connectivity index (χ4v) is 6.98. The first-order valence-electron chi connectivity index (χ1n) is 13.1. The highest BCUT2D eigenvalue weighted by molar-refractivity contribution is 7.41. The summed E-state index contributed by atoms with van der Waals surface area (Å²) in [6.45, 7) is 1.48. The van der Waals surface area contributed by atoms with Crippen LogP contribution in [0.25, 0.3) is 0 Å². The Morgan fingerprint density at radius 3 is 2.46 bits per heavy atom. The van der Waals surface area contributed by atoms with Crippen molar-refractivity contribution in [3.05, 3.63) is 71.3 Å². The average Bonchev–Trinajstić information content (AvgIpc) is 3.48. The zero-order valence-corrected chi connectivity index (χ0v) is 22.6. The monoisotopic (exact) mass is 527 g/mol. The Bertz CT molecular complexity index is 1020. The molecule has 5 rings (SSSR count). The Morgan fingerprint density at radius 1 is 1.00 bits per heavy atom. The molecule has 198 valence electrons. The van der Waals surface area contributed by atoms with Crippen molar-refractivity contribution in [2.45, 2.75) is 61.4 Å². The topological polar surface area (TPSA) is 87.6 Å². The van der Waals surface area contributed by atoms with Crippen LogP contribution in [0.15, 0.2) is 54.6 Å². The van der Waals surface area contributed by atoms with Crippen LogP contribution in [-0.2, 0) is 39.9 Å². The second-order valence-electron chi connectivity index (χ2n) is 10.1. The molecule has 11 heteroatoms. The third-order valence-corrected chi connectivity index (χ3v) is 8.70. The summed E-state index contributed by atoms with van der Waals surface area (Å²) in [5.74, 6) is 0. The van der Waals surface area contributed by atoms with Crippen LogP contribution < -0.4 is 5.32 Å². The fraction of sp³-hybridized carbons (Fsp3) is 0.538. The number of fused-ring (bicyclic) bond motifs is 1. The maximum atomic E-state index is 9.92. The third kappa shape index (κ3) is 5.98. The molecule has 0 saturated carbocycles. The van der Waals surface area contributed by atoms with Gasteiger partial charge < -0.3 is 33.7 Å². The predicted octanol–water partition coefficient (Wildman–Crippen LogP) is 1.18. The van der Waals surface area contributed by atoms with Crippen LogP contribution in [0.2, 0.25) is 0 Å². The molecule has 0 amide bonds. The van der Waals surface area contributed by atoms with Gasteiger partial charge in [0.2, 0.25) is 0 Å². The van der Waals surface area contributed by atoms with Gasteiger partial charge in [-0.2, -0.15) is 0 Å². The van der Waals surface area contributed by atoms with Crippen LogP contribution in [0.1, 0.15) is 29.5 Å². The van der Waals surface area contributed by atoms with Gasteiger partial charge >= 0.3 is 8.60 Å². The second-order valence-corrected chi connectivity index (χ2v) is 11.2. The standard InChI is InChI=1S/C26H36B2NO7P/c1-31-20-11-24(27)34-23(20)15-32-37(35-21-12-25(28)33-22(21)14-30)36-26(18-8-3-2-4-9-18)16-29-13-17-7-5-6-10-19(17)26/h2-10,20-25,29-30H,11-16,27-28H2,1H3/t20?,21?,22-,23-,24-,25-,26+,37?/m1/s1. The van der Waals surface area contributed by atoms with Crippen molar-refractivity contribution in [2.75, 3.05) is 26.9 Å². The number of aliphatic hydroxyl groups excluding tert-OH is 1. The number of hydrogen-bond donors (Lipinski definition) is 2. The molecule has 2 saturated heterocycles. The van der Waals surface area contributed by atoms with Gasteiger partial charge in [0.1, 0.15) is 33.5 Å². The number of nitrogens with one attached hydrogen (secondary N) is 1. The normalized spacial score (nSPS) is 34.3. The van der Waals surface area contributed by atoms with Gasteiger partial charge in [-0.15, -0.1) is 0 Å². The molecular weight excluding hydrogens is 491 g/mol. The summed E-state index contributed by atoms with van der Waals surface area (Å²) in [5.41, 5.74) is 2.47. The molecule has 3 aliphatic heterocycles. The molecule has 3 heterocycles. The number of hydrogen-bond acceptors (Lipinski definition) is 8. The maximum Gasteiger partial charge on any atom is 0.334 e. The Morgan fingerprint density at radius 2 is 1.70 bits per heavy atom. The van der Waals surface area contributed by atoms with Crippen LogP contribution in [-0.4, -0.2) is 84.1 Å². The van der Waals surface area contributed by atoms with E-state index in [1.807, 2.05) is 46.0 Å². The van der Waals surface area contributed by atoms with E-state index in [1.54, 1.807) is 7.11 Å². The first-order chi connectivity index (χ1) is 18.0.